The average molecular weight is 1280 g/mol. The van der Waals surface area contributed by atoms with Gasteiger partial charge in [0.1, 0.15) is 12.4 Å². The average Bonchev–Trinajstić information content (AvgIpc) is 2.45. The van der Waals surface area contributed by atoms with E-state index >= 15 is 0 Å². The Morgan fingerprint density at radius 1 is 0.379 bits per heavy atom. The van der Waals surface area contributed by atoms with E-state index < -0.39 is 0 Å². The fraction of sp³-hybridized carbons (Fsp3) is 0.143. The minimum absolute atomic E-state index is 0.429. The van der Waals surface area contributed by atoms with Gasteiger partial charge in [-0.05, 0) is 172 Å². The van der Waals surface area contributed by atoms with Gasteiger partial charge in [-0.1, -0.05) is 182 Å². The highest BCUT2D eigenvalue weighted by Crippen LogP contribution is 2.29. The number of hydrogen-bond donors (Lipinski definition) is 3. The van der Waals surface area contributed by atoms with E-state index in [0.717, 1.165) is 112 Å². The third-order valence-electron chi connectivity index (χ3n) is 16.1. The van der Waals surface area contributed by atoms with Gasteiger partial charge in [0.15, 0.2) is 5.82 Å². The summed E-state index contributed by atoms with van der Waals surface area (Å²) in [6, 6.07) is 88.5. The molecule has 15 aromatic rings. The number of nitrogens with zero attached hydrogens (tertiary/aromatic N) is 12. The number of fused-ring (bicyclic) bond motifs is 3. The van der Waals surface area contributed by atoms with Crippen LogP contribution < -0.4 is 4.74 Å². The molecule has 18 heteroatoms. The zero-order valence-corrected chi connectivity index (χ0v) is 53.9. The van der Waals surface area contributed by atoms with Crippen LogP contribution in [0.3, 0.4) is 0 Å². The molecule has 0 aliphatic rings. The van der Waals surface area contributed by atoms with Gasteiger partial charge >= 0.3 is 0 Å². The maximum atomic E-state index is 5.97. The molecule has 0 bridgehead atoms. The van der Waals surface area contributed by atoms with E-state index in [4.69, 9.17) is 14.7 Å². The number of ether oxygens (including phenoxy) is 1. The Kier molecular flexibility index (Phi) is 20.8. The SMILES string of the molecule is CC(CCc1nn[nH]n1)c1cccc(Cc2ccc(OCc3ccc4ccccc4n3)cc2)c1.c1cc(CCc2cccc(-c3nn[nH]n3)c2)cc(SCc2ccc3ccccc3n2)c1.c1cc(Cc2cccc(-c3nn[nH]n3)c2)cc(SCc2ccc3ccccc3n2)c1. The molecule has 1 atom stereocenters. The monoisotopic (exact) mass is 1280 g/mol. The van der Waals surface area contributed by atoms with Crippen molar-refractivity contribution in [1.82, 2.24) is 76.8 Å². The van der Waals surface area contributed by atoms with Crippen LogP contribution in [0.25, 0.3) is 55.5 Å². The van der Waals surface area contributed by atoms with Crippen LogP contribution in [0.2, 0.25) is 0 Å². The quantitative estimate of drug-likeness (QED) is 0.0539. The summed E-state index contributed by atoms with van der Waals surface area (Å²) in [5, 5.41) is 46.3. The van der Waals surface area contributed by atoms with Gasteiger partial charge in [0.2, 0.25) is 11.6 Å². The van der Waals surface area contributed by atoms with Crippen molar-refractivity contribution in [3.05, 3.63) is 317 Å². The number of H-pyrrole nitrogens is 3. The second-order valence-corrected chi connectivity index (χ2v) is 25.1. The highest BCUT2D eigenvalue weighted by Gasteiger charge is 2.12. The summed E-state index contributed by atoms with van der Waals surface area (Å²) in [5.41, 5.74) is 17.2. The Morgan fingerprint density at radius 3 is 1.41 bits per heavy atom. The predicted molar refractivity (Wildman–Crippen MR) is 378 cm³/mol. The van der Waals surface area contributed by atoms with Crippen molar-refractivity contribution in [2.75, 3.05) is 0 Å². The molecule has 0 amide bonds. The number of aryl methyl sites for hydroxylation is 3. The molecule has 0 fully saturated rings. The van der Waals surface area contributed by atoms with Crippen LogP contribution in [-0.2, 0) is 50.2 Å². The molecular formula is C77H67N15OS2. The minimum Gasteiger partial charge on any atom is -0.487 e. The first-order chi connectivity index (χ1) is 46.9. The largest absolute Gasteiger partial charge is 0.487 e. The maximum Gasteiger partial charge on any atom is 0.204 e. The summed E-state index contributed by atoms with van der Waals surface area (Å²) in [5.74, 6) is 5.00. The third-order valence-corrected chi connectivity index (χ3v) is 18.2. The number of rotatable bonds is 22. The van der Waals surface area contributed by atoms with Crippen LogP contribution in [0.15, 0.2) is 265 Å². The smallest absolute Gasteiger partial charge is 0.204 e. The van der Waals surface area contributed by atoms with Crippen LogP contribution in [0, 0.1) is 0 Å². The first-order valence-electron chi connectivity index (χ1n) is 31.6. The summed E-state index contributed by atoms with van der Waals surface area (Å²) in [6.07, 6.45) is 5.50. The molecule has 6 heterocycles. The molecule has 16 nitrogen and oxygen atoms in total. The molecular weight excluding hydrogens is 1220 g/mol. The first kappa shape index (κ1) is 62.7. The van der Waals surface area contributed by atoms with Gasteiger partial charge in [0, 0.05) is 55.0 Å². The van der Waals surface area contributed by atoms with Crippen LogP contribution in [0.1, 0.15) is 81.1 Å². The number of pyridine rings is 3. The summed E-state index contributed by atoms with van der Waals surface area (Å²) in [7, 11) is 0. The Hall–Kier alpha value is -11.1. The van der Waals surface area contributed by atoms with Gasteiger partial charge in [-0.3, -0.25) is 9.97 Å². The predicted octanol–water partition coefficient (Wildman–Crippen LogP) is 16.4. The Morgan fingerprint density at radius 2 is 0.842 bits per heavy atom. The van der Waals surface area contributed by atoms with E-state index in [-0.39, 0.29) is 0 Å². The lowest BCUT2D eigenvalue weighted by Gasteiger charge is -2.13. The normalized spacial score (nSPS) is 11.4. The summed E-state index contributed by atoms with van der Waals surface area (Å²) < 4.78 is 5.97. The van der Waals surface area contributed by atoms with E-state index in [0.29, 0.717) is 24.2 Å². The lowest BCUT2D eigenvalue weighted by molar-refractivity contribution is 0.301. The zero-order chi connectivity index (χ0) is 64.2. The number of hydrogen-bond acceptors (Lipinski definition) is 15. The molecule has 468 valence electrons. The van der Waals surface area contributed by atoms with Gasteiger partial charge in [-0.25, -0.2) is 4.98 Å². The van der Waals surface area contributed by atoms with Gasteiger partial charge in [-0.15, -0.1) is 54.1 Å². The molecule has 0 aliphatic heterocycles. The lowest BCUT2D eigenvalue weighted by atomic mass is 9.93. The van der Waals surface area contributed by atoms with Crippen molar-refractivity contribution < 1.29 is 4.74 Å². The van der Waals surface area contributed by atoms with Crippen molar-refractivity contribution in [3.8, 4) is 28.5 Å². The van der Waals surface area contributed by atoms with Gasteiger partial charge in [0.25, 0.3) is 0 Å². The van der Waals surface area contributed by atoms with E-state index in [1.807, 2.05) is 108 Å². The summed E-state index contributed by atoms with van der Waals surface area (Å²) in [4.78, 5) is 16.7. The van der Waals surface area contributed by atoms with E-state index in [1.54, 1.807) is 0 Å². The highest BCUT2D eigenvalue weighted by atomic mass is 32.2. The van der Waals surface area contributed by atoms with Gasteiger partial charge < -0.3 is 4.74 Å². The number of tetrazole rings is 3. The highest BCUT2D eigenvalue weighted by molar-refractivity contribution is 7.98. The number of para-hydroxylation sites is 3. The second-order valence-electron chi connectivity index (χ2n) is 23.0. The van der Waals surface area contributed by atoms with Gasteiger partial charge in [0.05, 0.1) is 33.6 Å². The Balaban J connectivity index is 0.000000129. The lowest BCUT2D eigenvalue weighted by Crippen LogP contribution is -2.00. The molecule has 6 aromatic heterocycles. The number of thioether (sulfide) groups is 2. The topological polar surface area (TPSA) is 211 Å². The van der Waals surface area contributed by atoms with E-state index in [2.05, 4.69) is 244 Å². The third kappa shape index (κ3) is 17.7. The molecule has 3 N–H and O–H groups in total. The molecule has 0 spiro atoms. The van der Waals surface area contributed by atoms with E-state index in [1.165, 1.54) is 59.5 Å². The molecule has 15 rings (SSSR count). The minimum atomic E-state index is 0.429. The maximum absolute atomic E-state index is 5.97. The van der Waals surface area contributed by atoms with Crippen molar-refractivity contribution in [2.45, 2.75) is 79.3 Å². The molecule has 95 heavy (non-hydrogen) atoms. The molecule has 1 unspecified atom stereocenters. The van der Waals surface area contributed by atoms with Crippen molar-refractivity contribution in [3.63, 3.8) is 0 Å². The second kappa shape index (κ2) is 31.5. The number of benzene rings is 9. The molecule has 0 radical (unpaired) electrons. The molecule has 0 aliphatic carbocycles. The fourth-order valence-electron chi connectivity index (χ4n) is 11.1. The standard InChI is InChI=1S/C28H27N5O.C25H21N5S.C24H19N5S/c1-20(9-16-28-30-32-33-31-28)24-7-4-5-22(18-24)17-21-10-14-26(15-11-21)34-19-25-13-12-23-6-2-3-8-27(23)29-25;1-2-10-24-20(7-1)13-14-22(26-24)17-31-23-9-4-6-19(16-23)12-11-18-5-3-8-21(15-18)25-27-29-30-28-25;1-2-10-23-19(7-1)11-12-21(25-23)16-30-22-9-4-6-18(15-22)13-17-5-3-8-20(14-17)24-26-28-29-27-24/h2-8,10-15,18,20H,9,16-17,19H2,1H3,(H,30,31,32,33);1-10,13-16H,11-12,17H2,(H,27,28,29,30);1-12,14-15H,13,16H2,(H,26,27,28,29). The summed E-state index contributed by atoms with van der Waals surface area (Å²) in [6.45, 7) is 2.70. The molecule has 0 saturated heterocycles. The van der Waals surface area contributed by atoms with E-state index in [9.17, 15) is 0 Å². The first-order valence-corrected chi connectivity index (χ1v) is 33.5. The number of aromatic nitrogens is 15. The van der Waals surface area contributed by atoms with Crippen LogP contribution in [-0.4, -0.2) is 76.8 Å². The van der Waals surface area contributed by atoms with Crippen LogP contribution in [0.4, 0.5) is 0 Å². The van der Waals surface area contributed by atoms with Crippen molar-refractivity contribution >= 4 is 56.2 Å². The fourth-order valence-corrected chi connectivity index (χ4v) is 12.9. The van der Waals surface area contributed by atoms with Crippen molar-refractivity contribution in [2.24, 2.45) is 0 Å². The van der Waals surface area contributed by atoms with Crippen LogP contribution in [0.5, 0.6) is 5.75 Å². The zero-order valence-electron chi connectivity index (χ0n) is 52.3. The van der Waals surface area contributed by atoms with Crippen LogP contribution >= 0.6 is 23.5 Å². The number of aromatic amines is 3. The number of nitrogens with one attached hydrogen (secondary N) is 3. The molecule has 9 aromatic carbocycles. The molecule has 0 saturated carbocycles. The Labute approximate surface area is 558 Å². The Bertz CT molecular complexity index is 4920. The summed E-state index contributed by atoms with van der Waals surface area (Å²) >= 11 is 3.64. The van der Waals surface area contributed by atoms with Gasteiger partial charge in [-0.2, -0.15) is 15.6 Å². The van der Waals surface area contributed by atoms with Crippen molar-refractivity contribution in [1.29, 1.82) is 0 Å².